The fourth-order valence-electron chi connectivity index (χ4n) is 1.59. The molecule has 0 bridgehead atoms. The maximum atomic E-state index is 6.11. The third kappa shape index (κ3) is 3.11. The number of methoxy groups -OCH3 is 1. The van der Waals surface area contributed by atoms with Crippen LogP contribution in [0.15, 0.2) is 18.2 Å². The monoisotopic (exact) mass is 243 g/mol. The summed E-state index contributed by atoms with van der Waals surface area (Å²) in [7, 11) is 5.59. The van der Waals surface area contributed by atoms with Gasteiger partial charge >= 0.3 is 0 Å². The van der Waals surface area contributed by atoms with Gasteiger partial charge in [-0.3, -0.25) is 4.90 Å². The summed E-state index contributed by atoms with van der Waals surface area (Å²) in [5, 5.41) is 0.614. The minimum absolute atomic E-state index is 0.0897. The number of hydrogen-bond donors (Lipinski definition) is 0. The Labute approximate surface area is 102 Å². The van der Waals surface area contributed by atoms with E-state index in [9.17, 15) is 0 Å². The lowest BCUT2D eigenvalue weighted by Crippen LogP contribution is -2.21. The lowest BCUT2D eigenvalue weighted by atomic mass is 10.2. The van der Waals surface area contributed by atoms with Crippen LogP contribution in [0.4, 0.5) is 0 Å². The lowest BCUT2D eigenvalue weighted by molar-refractivity contribution is -0.00542. The fraction of sp³-hybridized carbons (Fsp3) is 0.500. The van der Waals surface area contributed by atoms with Crippen LogP contribution in [-0.2, 0) is 4.74 Å². The summed E-state index contributed by atoms with van der Waals surface area (Å²) in [6.07, 6.45) is -0.0897. The molecule has 0 aliphatic heterocycles. The van der Waals surface area contributed by atoms with Gasteiger partial charge in [0.2, 0.25) is 0 Å². The molecule has 0 amide bonds. The molecule has 0 aliphatic carbocycles. The third-order valence-electron chi connectivity index (χ3n) is 2.23. The van der Waals surface area contributed by atoms with Gasteiger partial charge in [0.25, 0.3) is 0 Å². The van der Waals surface area contributed by atoms with Crippen molar-refractivity contribution < 1.29 is 9.47 Å². The van der Waals surface area contributed by atoms with Crippen molar-refractivity contribution in [1.29, 1.82) is 0 Å². The van der Waals surface area contributed by atoms with Crippen molar-refractivity contribution in [2.24, 2.45) is 0 Å². The van der Waals surface area contributed by atoms with E-state index < -0.39 is 0 Å². The molecule has 0 saturated heterocycles. The van der Waals surface area contributed by atoms with Gasteiger partial charge in [-0.2, -0.15) is 0 Å². The second-order valence-corrected chi connectivity index (χ2v) is 4.08. The number of ether oxygens (including phenoxy) is 2. The zero-order chi connectivity index (χ0) is 12.1. The Kier molecular flexibility index (Phi) is 5.06. The quantitative estimate of drug-likeness (QED) is 0.743. The summed E-state index contributed by atoms with van der Waals surface area (Å²) in [6, 6.07) is 5.71. The van der Waals surface area contributed by atoms with Crippen molar-refractivity contribution in [2.75, 3.05) is 27.8 Å². The highest BCUT2D eigenvalue weighted by Gasteiger charge is 2.14. The molecule has 0 aliphatic rings. The van der Waals surface area contributed by atoms with E-state index in [2.05, 4.69) is 0 Å². The second-order valence-electron chi connectivity index (χ2n) is 3.67. The second kappa shape index (κ2) is 6.09. The fourth-order valence-corrected chi connectivity index (χ4v) is 1.83. The summed E-state index contributed by atoms with van der Waals surface area (Å²) in [4.78, 5) is 1.98. The number of benzene rings is 1. The van der Waals surface area contributed by atoms with E-state index >= 15 is 0 Å². The summed E-state index contributed by atoms with van der Waals surface area (Å²) in [5.41, 5.74) is 1.01. The molecule has 16 heavy (non-hydrogen) atoms. The van der Waals surface area contributed by atoms with Crippen LogP contribution in [0.5, 0.6) is 5.75 Å². The van der Waals surface area contributed by atoms with Crippen LogP contribution in [0.2, 0.25) is 5.02 Å². The summed E-state index contributed by atoms with van der Waals surface area (Å²) >= 11 is 6.11. The number of nitrogens with zero attached hydrogens (tertiary/aromatic N) is 1. The highest BCUT2D eigenvalue weighted by atomic mass is 35.5. The van der Waals surface area contributed by atoms with Crippen molar-refractivity contribution >= 4 is 11.6 Å². The molecular formula is C12H18ClNO2. The van der Waals surface area contributed by atoms with Crippen LogP contribution in [-0.4, -0.2) is 32.7 Å². The molecule has 0 N–H and O–H groups in total. The van der Waals surface area contributed by atoms with Crippen molar-refractivity contribution in [3.05, 3.63) is 28.8 Å². The maximum Gasteiger partial charge on any atom is 0.137 e. The third-order valence-corrected chi connectivity index (χ3v) is 2.53. The van der Waals surface area contributed by atoms with Crippen molar-refractivity contribution in [3.63, 3.8) is 0 Å². The van der Waals surface area contributed by atoms with E-state index in [4.69, 9.17) is 21.1 Å². The van der Waals surface area contributed by atoms with Gasteiger partial charge < -0.3 is 9.47 Å². The smallest absolute Gasteiger partial charge is 0.137 e. The molecule has 0 saturated carbocycles. The van der Waals surface area contributed by atoms with Gasteiger partial charge in [-0.25, -0.2) is 0 Å². The van der Waals surface area contributed by atoms with E-state index in [1.807, 2.05) is 44.1 Å². The molecule has 4 heteroatoms. The van der Waals surface area contributed by atoms with Crippen LogP contribution in [0.3, 0.4) is 0 Å². The van der Waals surface area contributed by atoms with Gasteiger partial charge in [-0.15, -0.1) is 0 Å². The van der Waals surface area contributed by atoms with Crippen LogP contribution in [0, 0.1) is 0 Å². The molecule has 1 aromatic rings. The van der Waals surface area contributed by atoms with Crippen LogP contribution < -0.4 is 4.74 Å². The molecule has 0 spiro atoms. The Morgan fingerprint density at radius 1 is 1.38 bits per heavy atom. The van der Waals surface area contributed by atoms with Crippen LogP contribution in [0.1, 0.15) is 18.7 Å². The average molecular weight is 244 g/mol. The maximum absolute atomic E-state index is 6.11. The van der Waals surface area contributed by atoms with E-state index in [1.54, 1.807) is 7.11 Å². The molecule has 1 rings (SSSR count). The molecule has 0 radical (unpaired) electrons. The summed E-state index contributed by atoms with van der Waals surface area (Å²) in [6.45, 7) is 2.54. The first-order chi connectivity index (χ1) is 7.60. The molecular weight excluding hydrogens is 226 g/mol. The first-order valence-corrected chi connectivity index (χ1v) is 5.59. The number of halogens is 1. The average Bonchev–Trinajstić information content (AvgIpc) is 2.22. The van der Waals surface area contributed by atoms with Crippen molar-refractivity contribution in [2.45, 2.75) is 13.2 Å². The standard InChI is InChI=1S/C12H18ClNO2/c1-5-16-11-7-6-9(8-10(11)13)12(15-4)14(2)3/h6-8,12H,5H2,1-4H3. The highest BCUT2D eigenvalue weighted by molar-refractivity contribution is 6.32. The molecule has 1 aromatic carbocycles. The van der Waals surface area contributed by atoms with Gasteiger partial charge in [0, 0.05) is 7.11 Å². The van der Waals surface area contributed by atoms with Crippen LogP contribution >= 0.6 is 11.6 Å². The Balaban J connectivity index is 2.95. The largest absolute Gasteiger partial charge is 0.492 e. The van der Waals surface area contributed by atoms with Crippen LogP contribution in [0.25, 0.3) is 0 Å². The normalized spacial score (nSPS) is 12.9. The van der Waals surface area contributed by atoms with Crippen molar-refractivity contribution in [1.82, 2.24) is 4.90 Å². The Hall–Kier alpha value is -0.770. The van der Waals surface area contributed by atoms with Gasteiger partial charge in [-0.1, -0.05) is 17.7 Å². The molecule has 0 heterocycles. The van der Waals surface area contributed by atoms with Gasteiger partial charge in [0.05, 0.1) is 11.6 Å². The summed E-state index contributed by atoms with van der Waals surface area (Å²) in [5.74, 6) is 0.710. The molecule has 3 nitrogen and oxygen atoms in total. The minimum Gasteiger partial charge on any atom is -0.492 e. The first kappa shape index (κ1) is 13.3. The number of rotatable bonds is 5. The van der Waals surface area contributed by atoms with E-state index in [-0.39, 0.29) is 6.23 Å². The predicted molar refractivity (Wildman–Crippen MR) is 66.1 cm³/mol. The zero-order valence-electron chi connectivity index (χ0n) is 10.2. The molecule has 0 aromatic heterocycles. The Morgan fingerprint density at radius 2 is 2.06 bits per heavy atom. The number of hydrogen-bond acceptors (Lipinski definition) is 3. The Morgan fingerprint density at radius 3 is 2.50 bits per heavy atom. The lowest BCUT2D eigenvalue weighted by Gasteiger charge is -2.23. The van der Waals surface area contributed by atoms with E-state index in [0.29, 0.717) is 17.4 Å². The molecule has 0 fully saturated rings. The predicted octanol–water partition coefficient (Wildman–Crippen LogP) is 2.95. The minimum atomic E-state index is -0.0897. The highest BCUT2D eigenvalue weighted by Crippen LogP contribution is 2.29. The van der Waals surface area contributed by atoms with E-state index in [0.717, 1.165) is 5.56 Å². The zero-order valence-corrected chi connectivity index (χ0v) is 10.9. The van der Waals surface area contributed by atoms with Gasteiger partial charge in [0.1, 0.15) is 12.0 Å². The SMILES string of the molecule is CCOc1ccc(C(OC)N(C)C)cc1Cl. The molecule has 90 valence electrons. The van der Waals surface area contributed by atoms with Gasteiger partial charge in [-0.05, 0) is 38.7 Å². The summed E-state index contributed by atoms with van der Waals surface area (Å²) < 4.78 is 10.8. The van der Waals surface area contributed by atoms with Gasteiger partial charge in [0.15, 0.2) is 0 Å². The Bertz CT molecular complexity index is 342. The van der Waals surface area contributed by atoms with E-state index in [1.165, 1.54) is 0 Å². The molecule has 1 atom stereocenters. The molecule has 1 unspecified atom stereocenters. The topological polar surface area (TPSA) is 21.7 Å². The first-order valence-electron chi connectivity index (χ1n) is 5.21. The van der Waals surface area contributed by atoms with Crippen molar-refractivity contribution in [3.8, 4) is 5.75 Å².